The molecule has 0 aromatic heterocycles. The summed E-state index contributed by atoms with van der Waals surface area (Å²) in [6.45, 7) is 6.88. The van der Waals surface area contributed by atoms with E-state index < -0.39 is 29.1 Å². The summed E-state index contributed by atoms with van der Waals surface area (Å²) in [6.07, 6.45) is 3.36. The largest absolute Gasteiger partial charge is 0.394 e. The van der Waals surface area contributed by atoms with Crippen molar-refractivity contribution in [1.82, 2.24) is 4.90 Å². The van der Waals surface area contributed by atoms with Crippen LogP contribution in [0.3, 0.4) is 0 Å². The molecule has 3 fully saturated rings. The first-order chi connectivity index (χ1) is 20.6. The Labute approximate surface area is 253 Å². The number of aliphatic hydroxyl groups is 2. The van der Waals surface area contributed by atoms with Crippen molar-refractivity contribution in [3.8, 4) is 0 Å². The van der Waals surface area contributed by atoms with Gasteiger partial charge in [0.15, 0.2) is 5.60 Å². The second-order valence-corrected chi connectivity index (χ2v) is 13.2. The molecule has 2 aromatic carbocycles. The predicted molar refractivity (Wildman–Crippen MR) is 162 cm³/mol. The Hall–Kier alpha value is -3.27. The van der Waals surface area contributed by atoms with Crippen molar-refractivity contribution in [3.63, 3.8) is 0 Å². The number of hydrogen-bond acceptors (Lipinski definition) is 6. The molecule has 6 rings (SSSR count). The maximum absolute atomic E-state index is 14.6. The minimum atomic E-state index is -1.35. The second kappa shape index (κ2) is 11.3. The topological polar surface area (TPSA) is 111 Å². The van der Waals surface area contributed by atoms with E-state index in [0.29, 0.717) is 26.1 Å². The zero-order valence-corrected chi connectivity index (χ0v) is 25.4. The number of hydrogen-bond donors (Lipinski definition) is 2. The number of rotatable bonds is 7. The Kier molecular flexibility index (Phi) is 7.85. The molecule has 9 heteroatoms. The van der Waals surface area contributed by atoms with Gasteiger partial charge in [0, 0.05) is 42.6 Å². The van der Waals surface area contributed by atoms with Crippen LogP contribution in [0.15, 0.2) is 48.5 Å². The average Bonchev–Trinajstić information content (AvgIpc) is 3.64. The van der Waals surface area contributed by atoms with Gasteiger partial charge in [-0.3, -0.25) is 14.4 Å². The van der Waals surface area contributed by atoms with Gasteiger partial charge in [-0.2, -0.15) is 0 Å². The number of aliphatic hydroxyl groups excluding tert-OH is 1. The number of piperidine rings is 1. The van der Waals surface area contributed by atoms with Crippen molar-refractivity contribution < 1.29 is 29.3 Å². The number of ether oxygens (including phenoxy) is 1. The molecule has 230 valence electrons. The maximum Gasteiger partial charge on any atom is 0.264 e. The molecule has 0 aliphatic carbocycles. The molecule has 4 aliphatic rings. The van der Waals surface area contributed by atoms with E-state index in [1.807, 2.05) is 60.4 Å². The fourth-order valence-corrected chi connectivity index (χ4v) is 8.12. The van der Waals surface area contributed by atoms with Crippen LogP contribution in [0.2, 0.25) is 0 Å². The van der Waals surface area contributed by atoms with E-state index in [-0.39, 0.29) is 36.8 Å². The number of fused-ring (bicyclic) bond motifs is 2. The van der Waals surface area contributed by atoms with Crippen LogP contribution in [0.5, 0.6) is 0 Å². The third-order valence-electron chi connectivity index (χ3n) is 10.1. The average molecular weight is 590 g/mol. The highest BCUT2D eigenvalue weighted by atomic mass is 16.5. The van der Waals surface area contributed by atoms with Gasteiger partial charge in [0.05, 0.1) is 43.0 Å². The summed E-state index contributed by atoms with van der Waals surface area (Å²) >= 11 is 0. The third kappa shape index (κ3) is 5.05. The molecule has 3 saturated heterocycles. The quantitative estimate of drug-likeness (QED) is 0.509. The van der Waals surface area contributed by atoms with Crippen molar-refractivity contribution in [2.24, 2.45) is 11.8 Å². The summed E-state index contributed by atoms with van der Waals surface area (Å²) in [6, 6.07) is 15.2. The summed E-state index contributed by atoms with van der Waals surface area (Å²) in [5.74, 6) is -1.12. The number of nitrogens with zero attached hydrogens (tertiary/aromatic N) is 3. The molecule has 4 aliphatic heterocycles. The van der Waals surface area contributed by atoms with Gasteiger partial charge in [-0.25, -0.2) is 0 Å². The lowest BCUT2D eigenvalue weighted by atomic mass is 9.71. The number of likely N-dealkylation sites (tertiary alicyclic amines) is 1. The fourth-order valence-electron chi connectivity index (χ4n) is 8.12. The van der Waals surface area contributed by atoms with Crippen molar-refractivity contribution in [3.05, 3.63) is 59.7 Å². The van der Waals surface area contributed by atoms with Gasteiger partial charge in [-0.05, 0) is 63.3 Å². The lowest BCUT2D eigenvalue weighted by molar-refractivity contribution is -0.150. The molecular formula is C34H43N3O6. The van der Waals surface area contributed by atoms with E-state index in [1.54, 1.807) is 23.6 Å². The first-order valence-electron chi connectivity index (χ1n) is 15.7. The lowest BCUT2D eigenvalue weighted by Gasteiger charge is -2.34. The van der Waals surface area contributed by atoms with Gasteiger partial charge in [0.1, 0.15) is 0 Å². The zero-order chi connectivity index (χ0) is 30.5. The number of carbonyl (C=O) groups excluding carboxylic acids is 3. The van der Waals surface area contributed by atoms with Gasteiger partial charge in [-0.15, -0.1) is 0 Å². The van der Waals surface area contributed by atoms with E-state index in [4.69, 9.17) is 4.74 Å². The van der Waals surface area contributed by atoms with Gasteiger partial charge < -0.3 is 29.6 Å². The molecule has 0 bridgehead atoms. The highest BCUT2D eigenvalue weighted by molar-refractivity contribution is 6.07. The minimum absolute atomic E-state index is 0.0264. The van der Waals surface area contributed by atoms with Crippen molar-refractivity contribution in [1.29, 1.82) is 0 Å². The Morgan fingerprint density at radius 1 is 1.07 bits per heavy atom. The highest BCUT2D eigenvalue weighted by Gasteiger charge is 2.66. The van der Waals surface area contributed by atoms with Crippen LogP contribution in [0.1, 0.15) is 70.4 Å². The van der Waals surface area contributed by atoms with Crippen LogP contribution in [-0.2, 0) is 31.3 Å². The third-order valence-corrected chi connectivity index (χ3v) is 10.1. The molecule has 9 nitrogen and oxygen atoms in total. The summed E-state index contributed by atoms with van der Waals surface area (Å²) in [4.78, 5) is 46.0. The van der Waals surface area contributed by atoms with Crippen LogP contribution in [0, 0.1) is 11.8 Å². The lowest BCUT2D eigenvalue weighted by Crippen LogP contribution is -2.46. The Bertz CT molecular complexity index is 1400. The molecule has 4 heterocycles. The molecule has 2 N–H and O–H groups in total. The number of amides is 3. The minimum Gasteiger partial charge on any atom is -0.394 e. The first kappa shape index (κ1) is 29.8. The summed E-state index contributed by atoms with van der Waals surface area (Å²) in [7, 11) is 0. The Balaban J connectivity index is 1.32. The van der Waals surface area contributed by atoms with E-state index >= 15 is 0 Å². The smallest absolute Gasteiger partial charge is 0.264 e. The second-order valence-electron chi connectivity index (χ2n) is 13.2. The van der Waals surface area contributed by atoms with E-state index in [0.717, 1.165) is 48.2 Å². The molecule has 3 amide bonds. The molecule has 0 saturated carbocycles. The Morgan fingerprint density at radius 2 is 1.86 bits per heavy atom. The van der Waals surface area contributed by atoms with E-state index in [9.17, 15) is 24.6 Å². The van der Waals surface area contributed by atoms with Gasteiger partial charge in [-0.1, -0.05) is 37.3 Å². The molecule has 5 atom stereocenters. The normalized spacial score (nSPS) is 29.2. The van der Waals surface area contributed by atoms with Gasteiger partial charge >= 0.3 is 0 Å². The Morgan fingerprint density at radius 3 is 2.60 bits per heavy atom. The highest BCUT2D eigenvalue weighted by Crippen LogP contribution is 2.58. The molecule has 0 radical (unpaired) electrons. The number of para-hydroxylation sites is 1. The van der Waals surface area contributed by atoms with Crippen LogP contribution in [0.25, 0.3) is 0 Å². The monoisotopic (exact) mass is 589 g/mol. The maximum atomic E-state index is 14.6. The van der Waals surface area contributed by atoms with Crippen molar-refractivity contribution >= 4 is 29.1 Å². The first-order valence-corrected chi connectivity index (χ1v) is 15.7. The SMILES string of the molecule is C[C@H]1[C@H](C(C)(C)O)[C@@H](CC(=O)N2CCC[C@H]2CO)O[C@]12C(=O)N(Cc1cccc(N3CCCCC3=O)c1)c1ccccc12. The standard InChI is InChI=1S/C34H43N3O6/c1-22-31(33(2,3)42)28(19-30(40)36-17-9-12-25(36)21-38)43-34(22)26-13-4-5-14-27(26)37(32(34)41)20-23-10-8-11-24(18-23)35-16-7-6-15-29(35)39/h4-5,8,10-11,13-14,18,22,25,28,31,38,42H,6-7,9,12,15-17,19-21H2,1-3H3/t22-,25-,28+,31-,34+/m0/s1. The van der Waals surface area contributed by atoms with Crippen molar-refractivity contribution in [2.45, 2.75) is 89.2 Å². The molecule has 2 aromatic rings. The zero-order valence-electron chi connectivity index (χ0n) is 25.4. The van der Waals surface area contributed by atoms with E-state index in [1.165, 1.54) is 0 Å². The van der Waals surface area contributed by atoms with Crippen LogP contribution in [-0.4, -0.2) is 70.3 Å². The summed E-state index contributed by atoms with van der Waals surface area (Å²) < 4.78 is 6.79. The number of carbonyl (C=O) groups is 3. The van der Waals surface area contributed by atoms with Gasteiger partial charge in [0.2, 0.25) is 11.8 Å². The number of anilines is 2. The van der Waals surface area contributed by atoms with E-state index in [2.05, 4.69) is 0 Å². The van der Waals surface area contributed by atoms with Gasteiger partial charge in [0.25, 0.3) is 5.91 Å². The molecular weight excluding hydrogens is 546 g/mol. The number of benzene rings is 2. The molecule has 0 unspecified atom stereocenters. The predicted octanol–water partition coefficient (Wildman–Crippen LogP) is 3.74. The van der Waals surface area contributed by atoms with Crippen molar-refractivity contribution in [2.75, 3.05) is 29.5 Å². The fraction of sp³-hybridized carbons (Fsp3) is 0.559. The molecule has 1 spiro atoms. The van der Waals surface area contributed by atoms with Crippen LogP contribution >= 0.6 is 0 Å². The summed E-state index contributed by atoms with van der Waals surface area (Å²) in [5, 5.41) is 21.2. The van der Waals surface area contributed by atoms with Crippen LogP contribution < -0.4 is 9.80 Å². The summed E-state index contributed by atoms with van der Waals surface area (Å²) in [5.41, 5.74) is 0.664. The molecule has 43 heavy (non-hydrogen) atoms. The van der Waals surface area contributed by atoms with Crippen LogP contribution in [0.4, 0.5) is 11.4 Å².